The maximum Gasteiger partial charge on any atom is 0.249 e. The van der Waals surface area contributed by atoms with Gasteiger partial charge in [0.25, 0.3) is 0 Å². The Morgan fingerprint density at radius 3 is 2.72 bits per heavy atom. The molecule has 4 nitrogen and oxygen atoms in total. The third-order valence-electron chi connectivity index (χ3n) is 5.46. The minimum atomic E-state index is -0.421. The Labute approximate surface area is 170 Å². The second-order valence-corrected chi connectivity index (χ2v) is 7.33. The number of aryl methyl sites for hydroxylation is 1. The first-order valence-corrected chi connectivity index (χ1v) is 10.0. The van der Waals surface area contributed by atoms with Crippen LogP contribution < -0.4 is 10.5 Å². The molecule has 0 saturated heterocycles. The number of aromatic nitrogens is 1. The molecule has 4 rings (SSSR count). The highest BCUT2D eigenvalue weighted by Gasteiger charge is 2.18. The number of ether oxygens (including phenoxy) is 1. The monoisotopic (exact) mass is 385 g/mol. The number of para-hydroxylation sites is 1. The number of hydrogen-bond donors (Lipinski definition) is 1. The fourth-order valence-electron chi connectivity index (χ4n) is 4.00. The lowest BCUT2D eigenvalue weighted by atomic mass is 10.0. The fourth-order valence-corrected chi connectivity index (χ4v) is 4.00. The van der Waals surface area contributed by atoms with E-state index in [1.165, 1.54) is 5.56 Å². The second-order valence-electron chi connectivity index (χ2n) is 7.33. The van der Waals surface area contributed by atoms with Crippen LogP contribution in [-0.4, -0.2) is 17.6 Å². The van der Waals surface area contributed by atoms with E-state index in [1.54, 1.807) is 13.2 Å². The van der Waals surface area contributed by atoms with Gasteiger partial charge in [-0.25, -0.2) is 0 Å². The van der Waals surface area contributed by atoms with E-state index in [0.717, 1.165) is 52.4 Å². The van der Waals surface area contributed by atoms with E-state index in [9.17, 15) is 4.79 Å². The van der Waals surface area contributed by atoms with Crippen LogP contribution in [0.15, 0.2) is 54.6 Å². The van der Waals surface area contributed by atoms with Gasteiger partial charge < -0.3 is 15.0 Å². The number of nitrogens with zero attached hydrogens (tertiary/aromatic N) is 1. The molecule has 4 heteroatoms. The lowest BCUT2D eigenvalue weighted by molar-refractivity contribution is 0.100. The molecule has 29 heavy (non-hydrogen) atoms. The molecule has 0 fully saturated rings. The number of fused-ring (bicyclic) bond motifs is 3. The second kappa shape index (κ2) is 8.00. The van der Waals surface area contributed by atoms with Gasteiger partial charge in [0, 0.05) is 21.9 Å². The van der Waals surface area contributed by atoms with Gasteiger partial charge in [0.1, 0.15) is 5.75 Å². The maximum absolute atomic E-state index is 12.1. The molecule has 0 spiro atoms. The summed E-state index contributed by atoms with van der Waals surface area (Å²) in [5.41, 5.74) is 10.6. The zero-order valence-electron chi connectivity index (χ0n) is 16.9. The zero-order chi connectivity index (χ0) is 20.4. The highest BCUT2D eigenvalue weighted by Crippen LogP contribution is 2.34. The molecule has 2 N–H and O–H groups in total. The third-order valence-corrected chi connectivity index (χ3v) is 5.46. The van der Waals surface area contributed by atoms with Crippen LogP contribution in [0.25, 0.3) is 21.8 Å². The lowest BCUT2D eigenvalue weighted by Gasteiger charge is -2.12. The van der Waals surface area contributed by atoms with Gasteiger partial charge in [0.2, 0.25) is 5.91 Å². The molecule has 3 aromatic carbocycles. The molecule has 1 heterocycles. The van der Waals surface area contributed by atoms with Crippen molar-refractivity contribution in [2.24, 2.45) is 5.73 Å². The number of methoxy groups -OCH3 is 1. The summed E-state index contributed by atoms with van der Waals surface area (Å²) < 4.78 is 7.80. The molecule has 4 aromatic rings. The summed E-state index contributed by atoms with van der Waals surface area (Å²) >= 11 is 0. The Morgan fingerprint density at radius 2 is 1.97 bits per heavy atom. The highest BCUT2D eigenvalue weighted by atomic mass is 16.5. The summed E-state index contributed by atoms with van der Waals surface area (Å²) in [5, 5.41) is 1.80. The van der Waals surface area contributed by atoms with E-state index in [1.807, 2.05) is 36.4 Å². The molecular formula is C25H25N2O2. The number of rotatable bonds is 7. The van der Waals surface area contributed by atoms with Gasteiger partial charge in [0.15, 0.2) is 0 Å². The minimum Gasteiger partial charge on any atom is -0.496 e. The number of unbranched alkanes of at least 4 members (excludes halogenated alkanes) is 1. The standard InChI is InChI=1S/C25H25N2O2/c1-3-4-8-17-13-14-19-22(15-17)27(16-18-9-5-6-12-23(18)29-2)21-11-7-10-20(24(19)21)25(26)28/h5-7,9-13,15H,3-4,8,16H2,1-2H3,(H2,26,28). The van der Waals surface area contributed by atoms with Crippen LogP contribution in [0.3, 0.4) is 0 Å². The fraction of sp³-hybridized carbons (Fsp3) is 0.240. The highest BCUT2D eigenvalue weighted by molar-refractivity contribution is 6.17. The van der Waals surface area contributed by atoms with E-state index in [0.29, 0.717) is 12.1 Å². The molecule has 0 atom stereocenters. The first kappa shape index (κ1) is 19.1. The summed E-state index contributed by atoms with van der Waals surface area (Å²) in [6.07, 6.45) is 3.30. The molecule has 147 valence electrons. The van der Waals surface area contributed by atoms with Crippen molar-refractivity contribution in [1.29, 1.82) is 0 Å². The first-order chi connectivity index (χ1) is 14.1. The van der Waals surface area contributed by atoms with Gasteiger partial charge >= 0.3 is 0 Å². The van der Waals surface area contributed by atoms with Crippen molar-refractivity contribution in [3.63, 3.8) is 0 Å². The topological polar surface area (TPSA) is 57.2 Å². The van der Waals surface area contributed by atoms with E-state index in [4.69, 9.17) is 10.5 Å². The van der Waals surface area contributed by atoms with Crippen molar-refractivity contribution < 1.29 is 9.53 Å². The number of primary amides is 1. The number of nitrogens with two attached hydrogens (primary N) is 1. The number of amides is 1. The Bertz CT molecular complexity index is 1190. The van der Waals surface area contributed by atoms with E-state index < -0.39 is 5.91 Å². The molecule has 0 aliphatic carbocycles. The van der Waals surface area contributed by atoms with E-state index in [2.05, 4.69) is 29.7 Å². The number of benzene rings is 3. The molecule has 0 aliphatic heterocycles. The molecule has 1 amide bonds. The number of hydrogen-bond acceptors (Lipinski definition) is 2. The van der Waals surface area contributed by atoms with Crippen LogP contribution in [0.2, 0.25) is 0 Å². The van der Waals surface area contributed by atoms with Crippen molar-refractivity contribution in [2.45, 2.75) is 32.7 Å². The van der Waals surface area contributed by atoms with Gasteiger partial charge in [-0.15, -0.1) is 0 Å². The minimum absolute atomic E-state index is 0.421. The van der Waals surface area contributed by atoms with Crippen LogP contribution in [0, 0.1) is 6.07 Å². The smallest absolute Gasteiger partial charge is 0.249 e. The Kier molecular flexibility index (Phi) is 5.26. The van der Waals surface area contributed by atoms with Gasteiger partial charge in [-0.2, -0.15) is 0 Å². The van der Waals surface area contributed by atoms with Crippen molar-refractivity contribution in [3.8, 4) is 5.75 Å². The lowest BCUT2D eigenvalue weighted by Crippen LogP contribution is -2.11. The molecule has 1 aromatic heterocycles. The predicted molar refractivity (Wildman–Crippen MR) is 118 cm³/mol. The van der Waals surface area contributed by atoms with Gasteiger partial charge in [-0.3, -0.25) is 4.79 Å². The van der Waals surface area contributed by atoms with E-state index >= 15 is 0 Å². The summed E-state index contributed by atoms with van der Waals surface area (Å²) in [6.45, 7) is 2.83. The average molecular weight is 385 g/mol. The van der Waals surface area contributed by atoms with Crippen LogP contribution >= 0.6 is 0 Å². The summed E-state index contributed by atoms with van der Waals surface area (Å²) in [5.74, 6) is 0.426. The molecule has 0 saturated carbocycles. The van der Waals surface area contributed by atoms with Gasteiger partial charge in [-0.05, 0) is 48.7 Å². The van der Waals surface area contributed by atoms with Crippen LogP contribution in [0.1, 0.15) is 41.3 Å². The van der Waals surface area contributed by atoms with Crippen molar-refractivity contribution >= 4 is 27.7 Å². The van der Waals surface area contributed by atoms with E-state index in [-0.39, 0.29) is 0 Å². The molecule has 0 bridgehead atoms. The van der Waals surface area contributed by atoms with Crippen molar-refractivity contribution in [3.05, 3.63) is 77.4 Å². The Morgan fingerprint density at radius 1 is 1.14 bits per heavy atom. The molecular weight excluding hydrogens is 360 g/mol. The zero-order valence-corrected chi connectivity index (χ0v) is 16.9. The third kappa shape index (κ3) is 3.46. The average Bonchev–Trinajstić information content (AvgIpc) is 3.05. The maximum atomic E-state index is 12.1. The number of carbonyl (C=O) groups excluding carboxylic acids is 1. The SMILES string of the molecule is CCCCc1c[c]c2c3c(C(N)=O)cccc3n(Cc3ccccc3OC)c2c1. The summed E-state index contributed by atoms with van der Waals surface area (Å²) in [6, 6.07) is 21.4. The van der Waals surface area contributed by atoms with Crippen molar-refractivity contribution in [2.75, 3.05) is 7.11 Å². The Balaban J connectivity index is 1.98. The van der Waals surface area contributed by atoms with Crippen LogP contribution in [0.4, 0.5) is 0 Å². The molecule has 0 aliphatic rings. The Hall–Kier alpha value is -3.27. The van der Waals surface area contributed by atoms with Gasteiger partial charge in [0.05, 0.1) is 24.7 Å². The van der Waals surface area contributed by atoms with Gasteiger partial charge in [-0.1, -0.05) is 43.7 Å². The quantitative estimate of drug-likeness (QED) is 0.481. The molecule has 0 unspecified atom stereocenters. The normalized spacial score (nSPS) is 11.2. The first-order valence-electron chi connectivity index (χ1n) is 10.0. The number of carbonyl (C=O) groups is 1. The van der Waals surface area contributed by atoms with Crippen molar-refractivity contribution in [1.82, 2.24) is 4.57 Å². The summed E-state index contributed by atoms with van der Waals surface area (Å²) in [4.78, 5) is 12.1. The molecule has 1 radical (unpaired) electrons. The van der Waals surface area contributed by atoms with Crippen LogP contribution in [-0.2, 0) is 13.0 Å². The summed E-state index contributed by atoms with van der Waals surface area (Å²) in [7, 11) is 1.69. The van der Waals surface area contributed by atoms with Crippen LogP contribution in [0.5, 0.6) is 5.75 Å². The predicted octanol–water partition coefficient (Wildman–Crippen LogP) is 5.09. The largest absolute Gasteiger partial charge is 0.496 e.